The van der Waals surface area contributed by atoms with Gasteiger partial charge >= 0.3 is 11.7 Å². The number of aromatic amines is 1. The zero-order chi connectivity index (χ0) is 18.6. The number of hydrogen-bond acceptors (Lipinski definition) is 5. The Morgan fingerprint density at radius 2 is 1.81 bits per heavy atom. The van der Waals surface area contributed by atoms with Crippen molar-refractivity contribution in [3.63, 3.8) is 0 Å². The van der Waals surface area contributed by atoms with Gasteiger partial charge in [-0.1, -0.05) is 18.2 Å². The van der Waals surface area contributed by atoms with Crippen LogP contribution in [-0.2, 0) is 25.4 Å². The third-order valence-electron chi connectivity index (χ3n) is 4.66. The summed E-state index contributed by atoms with van der Waals surface area (Å²) in [5.41, 5.74) is 1.17. The summed E-state index contributed by atoms with van der Waals surface area (Å²) in [6.45, 7) is 0.0512. The Morgan fingerprint density at radius 1 is 1.08 bits per heavy atom. The van der Waals surface area contributed by atoms with E-state index in [0.717, 1.165) is 4.57 Å². The molecule has 0 bridgehead atoms. The molecule has 132 valence electrons. The number of benzene rings is 1. The fourth-order valence-electron chi connectivity index (χ4n) is 3.36. The van der Waals surface area contributed by atoms with Crippen molar-refractivity contribution in [2.75, 3.05) is 7.11 Å². The van der Waals surface area contributed by atoms with Crippen molar-refractivity contribution in [2.45, 2.75) is 6.61 Å². The van der Waals surface area contributed by atoms with Crippen LogP contribution >= 0.6 is 0 Å². The average molecular weight is 354 g/mol. The number of rotatable bonds is 2. The van der Waals surface area contributed by atoms with E-state index in [-0.39, 0.29) is 17.6 Å². The average Bonchev–Trinajstić information content (AvgIpc) is 3.03. The van der Waals surface area contributed by atoms with Gasteiger partial charge < -0.3 is 9.47 Å². The number of aryl methyl sites for hydroxylation is 1. The number of ether oxygens (including phenoxy) is 2. The van der Waals surface area contributed by atoms with Crippen molar-refractivity contribution < 1.29 is 19.3 Å². The lowest BCUT2D eigenvalue weighted by atomic mass is 9.95. The molecule has 0 amide bonds. The maximum Gasteiger partial charge on any atom is 0.417 e. The Labute approximate surface area is 147 Å². The van der Waals surface area contributed by atoms with Crippen molar-refractivity contribution >= 4 is 17.0 Å². The Bertz CT molecular complexity index is 1210. The second-order valence-corrected chi connectivity index (χ2v) is 6.06. The largest absolute Gasteiger partial charge is 0.496 e. The third-order valence-corrected chi connectivity index (χ3v) is 4.66. The lowest BCUT2D eigenvalue weighted by Gasteiger charge is -2.12. The van der Waals surface area contributed by atoms with Crippen LogP contribution in [-0.4, -0.2) is 22.2 Å². The van der Waals surface area contributed by atoms with Gasteiger partial charge in [-0.05, 0) is 6.07 Å². The summed E-state index contributed by atoms with van der Waals surface area (Å²) < 4.78 is 13.0. The highest BCUT2D eigenvalue weighted by Gasteiger charge is 2.35. The Hall–Kier alpha value is -3.42. The molecule has 0 fully saturated rings. The van der Waals surface area contributed by atoms with Gasteiger partial charge in [0.2, 0.25) is 0 Å². The Balaban J connectivity index is 2.32. The molecular weight excluding hydrogens is 338 g/mol. The number of pyridine rings is 1. The highest BCUT2D eigenvalue weighted by molar-refractivity contribution is 6.07. The molecule has 0 saturated carbocycles. The number of aromatic nitrogens is 3. The predicted octanol–water partition coefficient (Wildman–Crippen LogP) is 0.397. The lowest BCUT2D eigenvalue weighted by molar-refractivity contribution is -0.365. The third kappa shape index (κ3) is 2.01. The van der Waals surface area contributed by atoms with Crippen molar-refractivity contribution in [3.05, 3.63) is 56.4 Å². The van der Waals surface area contributed by atoms with E-state index in [1.54, 1.807) is 31.3 Å². The molecule has 8 heteroatoms. The first-order valence-electron chi connectivity index (χ1n) is 7.94. The van der Waals surface area contributed by atoms with Crippen molar-refractivity contribution in [2.24, 2.45) is 14.1 Å². The number of carbonyl (C=O) groups is 1. The van der Waals surface area contributed by atoms with E-state index in [9.17, 15) is 14.4 Å². The van der Waals surface area contributed by atoms with Crippen LogP contribution in [0.1, 0.15) is 16.1 Å². The molecule has 0 unspecified atom stereocenters. The number of para-hydroxylation sites is 1. The summed E-state index contributed by atoms with van der Waals surface area (Å²) in [5, 5.41) is 0.233. The minimum Gasteiger partial charge on any atom is -0.496 e. The van der Waals surface area contributed by atoms with Crippen LogP contribution in [0.4, 0.5) is 0 Å². The molecule has 0 radical (unpaired) electrons. The van der Waals surface area contributed by atoms with Crippen molar-refractivity contribution in [3.8, 4) is 16.9 Å². The number of hydrogen-bond donors (Lipinski definition) is 0. The van der Waals surface area contributed by atoms with Crippen LogP contribution in [0.2, 0.25) is 0 Å². The second-order valence-electron chi connectivity index (χ2n) is 6.06. The normalized spacial score (nSPS) is 13.0. The molecule has 0 spiro atoms. The zero-order valence-electron chi connectivity index (χ0n) is 14.5. The van der Waals surface area contributed by atoms with E-state index in [0.29, 0.717) is 28.2 Å². The minimum absolute atomic E-state index is 0.0512. The molecule has 26 heavy (non-hydrogen) atoms. The first kappa shape index (κ1) is 16.1. The van der Waals surface area contributed by atoms with Crippen LogP contribution in [0.5, 0.6) is 5.75 Å². The van der Waals surface area contributed by atoms with Gasteiger partial charge in [0, 0.05) is 18.2 Å². The van der Waals surface area contributed by atoms with E-state index in [1.807, 2.05) is 0 Å². The van der Waals surface area contributed by atoms with Crippen LogP contribution in [0.25, 0.3) is 22.2 Å². The first-order valence-corrected chi connectivity index (χ1v) is 7.94. The minimum atomic E-state index is -0.519. The number of nitrogens with zero attached hydrogens (tertiary/aromatic N) is 2. The molecule has 4 rings (SSSR count). The smallest absolute Gasteiger partial charge is 0.417 e. The fraction of sp³-hybridized carbons (Fsp3) is 0.222. The molecular formula is C18H16N3O5+. The van der Waals surface area contributed by atoms with Gasteiger partial charge in [0.1, 0.15) is 16.7 Å². The predicted molar refractivity (Wildman–Crippen MR) is 92.1 cm³/mol. The second kappa shape index (κ2) is 5.55. The maximum atomic E-state index is 12.9. The Morgan fingerprint density at radius 3 is 2.54 bits per heavy atom. The highest BCUT2D eigenvalue weighted by atomic mass is 16.5. The van der Waals surface area contributed by atoms with Gasteiger partial charge in [0.15, 0.2) is 12.3 Å². The van der Waals surface area contributed by atoms with Gasteiger partial charge in [-0.15, -0.1) is 0 Å². The highest BCUT2D eigenvalue weighted by Crippen LogP contribution is 2.37. The van der Waals surface area contributed by atoms with Gasteiger partial charge in [0.05, 0.1) is 14.2 Å². The fourth-order valence-corrected chi connectivity index (χ4v) is 3.36. The molecule has 1 aliphatic heterocycles. The number of carbonyl (C=O) groups excluding carboxylic acids is 1. The molecule has 1 aromatic carbocycles. The van der Waals surface area contributed by atoms with E-state index in [1.165, 1.54) is 18.7 Å². The van der Waals surface area contributed by atoms with Crippen molar-refractivity contribution in [1.29, 1.82) is 0 Å². The number of fused-ring (bicyclic) bond motifs is 2. The lowest BCUT2D eigenvalue weighted by Crippen LogP contribution is -2.40. The summed E-state index contributed by atoms with van der Waals surface area (Å²) >= 11 is 0. The Kier molecular flexibility index (Phi) is 3.43. The zero-order valence-corrected chi connectivity index (χ0v) is 14.5. The molecule has 0 aliphatic carbocycles. The van der Waals surface area contributed by atoms with Crippen LogP contribution in [0.15, 0.2) is 33.9 Å². The molecule has 8 nitrogen and oxygen atoms in total. The molecule has 1 N–H and O–H groups in total. The van der Waals surface area contributed by atoms with Gasteiger partial charge in [-0.3, -0.25) is 4.79 Å². The molecule has 0 atom stereocenters. The van der Waals surface area contributed by atoms with Gasteiger partial charge in [0.25, 0.3) is 11.2 Å². The number of cyclic esters (lactones) is 1. The van der Waals surface area contributed by atoms with E-state index >= 15 is 0 Å². The van der Waals surface area contributed by atoms with E-state index in [2.05, 4.69) is 4.98 Å². The standard InChI is InChI=1S/C18H15N3O5/c1-20-15-14(16(22)21(2)18(20)24)12(9-6-4-5-7-11(9)25-3)13-10(19-15)8-26-17(13)23/h4-7H,8H2,1-3H3/p+1. The molecule has 0 saturated heterocycles. The van der Waals surface area contributed by atoms with Crippen molar-refractivity contribution in [1.82, 2.24) is 9.13 Å². The monoisotopic (exact) mass is 354 g/mol. The molecule has 3 aromatic rings. The van der Waals surface area contributed by atoms with Gasteiger partial charge in [-0.25, -0.2) is 19.1 Å². The maximum absolute atomic E-state index is 12.9. The van der Waals surface area contributed by atoms with Crippen LogP contribution in [0.3, 0.4) is 0 Å². The molecule has 3 heterocycles. The van der Waals surface area contributed by atoms with E-state index in [4.69, 9.17) is 9.47 Å². The quantitative estimate of drug-likeness (QED) is 0.621. The summed E-state index contributed by atoms with van der Waals surface area (Å²) in [7, 11) is 4.49. The topological polar surface area (TPSA) is 93.7 Å². The summed E-state index contributed by atoms with van der Waals surface area (Å²) in [6, 6.07) is 7.10. The SMILES string of the molecule is COc1ccccc1-c1c2c([nH+]c3c1c(=O)n(C)c(=O)n3C)COC2=O. The van der Waals surface area contributed by atoms with Crippen LogP contribution in [0, 0.1) is 0 Å². The number of nitrogens with one attached hydrogen (secondary N) is 1. The summed E-state index contributed by atoms with van der Waals surface area (Å²) in [6.07, 6.45) is 0. The van der Waals surface area contributed by atoms with E-state index < -0.39 is 17.2 Å². The number of esters is 1. The first-order chi connectivity index (χ1) is 12.5. The molecule has 2 aromatic heterocycles. The molecule has 1 aliphatic rings. The number of H-pyrrole nitrogens is 1. The van der Waals surface area contributed by atoms with Crippen LogP contribution < -0.4 is 21.0 Å². The summed E-state index contributed by atoms with van der Waals surface area (Å²) in [4.78, 5) is 40.7. The number of methoxy groups -OCH3 is 1. The summed E-state index contributed by atoms with van der Waals surface area (Å²) in [5.74, 6) is -0.00670. The van der Waals surface area contributed by atoms with Gasteiger partial charge in [-0.2, -0.15) is 4.57 Å².